The maximum atomic E-state index is 10.2. The van der Waals surface area contributed by atoms with Crippen molar-refractivity contribution < 1.29 is 19.7 Å². The molecule has 0 aromatic heterocycles. The normalized spacial score (nSPS) is 17.1. The molecule has 0 spiro atoms. The first-order chi connectivity index (χ1) is 9.61. The monoisotopic (exact) mass is 281 g/mol. The molecule has 5 heteroatoms. The van der Waals surface area contributed by atoms with Crippen molar-refractivity contribution in [2.24, 2.45) is 5.92 Å². The highest BCUT2D eigenvalue weighted by Crippen LogP contribution is 2.32. The molecule has 0 saturated carbocycles. The SMILES string of the molecule is CC(C)C(CO)NCC(O)c1ccc2c(c1)OCCO2. The second-order valence-corrected chi connectivity index (χ2v) is 5.36. The van der Waals surface area contributed by atoms with Gasteiger partial charge in [0, 0.05) is 12.6 Å². The fraction of sp³-hybridized carbons (Fsp3) is 0.600. The number of nitrogens with one attached hydrogen (secondary N) is 1. The van der Waals surface area contributed by atoms with Crippen molar-refractivity contribution >= 4 is 0 Å². The van der Waals surface area contributed by atoms with Crippen LogP contribution >= 0.6 is 0 Å². The van der Waals surface area contributed by atoms with E-state index in [2.05, 4.69) is 5.32 Å². The molecule has 0 amide bonds. The van der Waals surface area contributed by atoms with E-state index in [1.165, 1.54) is 0 Å². The van der Waals surface area contributed by atoms with Crippen molar-refractivity contribution in [3.8, 4) is 11.5 Å². The molecule has 0 radical (unpaired) electrons. The van der Waals surface area contributed by atoms with Crippen LogP contribution in [0, 0.1) is 5.92 Å². The van der Waals surface area contributed by atoms with Gasteiger partial charge < -0.3 is 25.0 Å². The molecule has 1 aliphatic rings. The van der Waals surface area contributed by atoms with Crippen LogP contribution in [0.1, 0.15) is 25.5 Å². The van der Waals surface area contributed by atoms with E-state index in [0.29, 0.717) is 31.4 Å². The molecular weight excluding hydrogens is 258 g/mol. The van der Waals surface area contributed by atoms with Gasteiger partial charge in [-0.2, -0.15) is 0 Å². The summed E-state index contributed by atoms with van der Waals surface area (Å²) < 4.78 is 11.0. The Morgan fingerprint density at radius 3 is 2.55 bits per heavy atom. The Morgan fingerprint density at radius 1 is 1.20 bits per heavy atom. The third-order valence-electron chi connectivity index (χ3n) is 3.53. The van der Waals surface area contributed by atoms with Gasteiger partial charge >= 0.3 is 0 Å². The minimum Gasteiger partial charge on any atom is -0.486 e. The molecule has 3 N–H and O–H groups in total. The Kier molecular flexibility index (Phi) is 5.23. The predicted molar refractivity (Wildman–Crippen MR) is 76.1 cm³/mol. The van der Waals surface area contributed by atoms with E-state index in [1.807, 2.05) is 32.0 Å². The fourth-order valence-electron chi connectivity index (χ4n) is 2.16. The molecule has 2 unspecified atom stereocenters. The van der Waals surface area contributed by atoms with Crippen molar-refractivity contribution in [3.05, 3.63) is 23.8 Å². The lowest BCUT2D eigenvalue weighted by Gasteiger charge is -2.23. The maximum absolute atomic E-state index is 10.2. The van der Waals surface area contributed by atoms with Crippen LogP contribution in [0.3, 0.4) is 0 Å². The minimum absolute atomic E-state index is 0.0122. The molecule has 0 fully saturated rings. The molecule has 2 rings (SSSR count). The quantitative estimate of drug-likeness (QED) is 0.728. The van der Waals surface area contributed by atoms with E-state index in [1.54, 1.807) is 0 Å². The van der Waals surface area contributed by atoms with E-state index in [0.717, 1.165) is 11.3 Å². The van der Waals surface area contributed by atoms with Crippen LogP contribution in [0.15, 0.2) is 18.2 Å². The number of aliphatic hydroxyl groups excluding tert-OH is 2. The van der Waals surface area contributed by atoms with Gasteiger partial charge in [-0.3, -0.25) is 0 Å². The summed E-state index contributed by atoms with van der Waals surface area (Å²) in [6.45, 7) is 5.61. The van der Waals surface area contributed by atoms with Crippen LogP contribution in [-0.2, 0) is 0 Å². The number of aliphatic hydroxyl groups is 2. The third kappa shape index (κ3) is 3.62. The predicted octanol–water partition coefficient (Wildman–Crippen LogP) is 1.10. The first kappa shape index (κ1) is 15.1. The third-order valence-corrected chi connectivity index (χ3v) is 3.53. The summed E-state index contributed by atoms with van der Waals surface area (Å²) in [6.07, 6.45) is -0.640. The van der Waals surface area contributed by atoms with Gasteiger partial charge in [-0.1, -0.05) is 19.9 Å². The van der Waals surface area contributed by atoms with Gasteiger partial charge in [-0.15, -0.1) is 0 Å². The molecule has 1 aromatic rings. The van der Waals surface area contributed by atoms with Crippen molar-refractivity contribution in [2.45, 2.75) is 26.0 Å². The highest BCUT2D eigenvalue weighted by molar-refractivity contribution is 5.44. The van der Waals surface area contributed by atoms with Crippen LogP contribution in [0.25, 0.3) is 0 Å². The Bertz CT molecular complexity index is 436. The summed E-state index contributed by atoms with van der Waals surface area (Å²) in [4.78, 5) is 0. The minimum atomic E-state index is -0.640. The molecule has 0 bridgehead atoms. The number of rotatable bonds is 6. The van der Waals surface area contributed by atoms with Crippen molar-refractivity contribution in [1.82, 2.24) is 5.32 Å². The Balaban J connectivity index is 1.97. The van der Waals surface area contributed by atoms with E-state index in [4.69, 9.17) is 9.47 Å². The van der Waals surface area contributed by atoms with Crippen LogP contribution in [0.4, 0.5) is 0 Å². The maximum Gasteiger partial charge on any atom is 0.161 e. The van der Waals surface area contributed by atoms with Crippen LogP contribution < -0.4 is 14.8 Å². The molecule has 2 atom stereocenters. The molecule has 1 aliphatic heterocycles. The Morgan fingerprint density at radius 2 is 1.90 bits per heavy atom. The van der Waals surface area contributed by atoms with Crippen LogP contribution in [0.5, 0.6) is 11.5 Å². The lowest BCUT2D eigenvalue weighted by molar-refractivity contribution is 0.146. The second kappa shape index (κ2) is 6.92. The summed E-state index contributed by atoms with van der Waals surface area (Å²) in [5, 5.41) is 22.6. The highest BCUT2D eigenvalue weighted by Gasteiger charge is 2.17. The molecule has 1 aromatic carbocycles. The van der Waals surface area contributed by atoms with Crippen molar-refractivity contribution in [2.75, 3.05) is 26.4 Å². The van der Waals surface area contributed by atoms with Gasteiger partial charge in [0.05, 0.1) is 12.7 Å². The first-order valence-electron chi connectivity index (χ1n) is 7.03. The van der Waals surface area contributed by atoms with Gasteiger partial charge in [-0.25, -0.2) is 0 Å². The number of hydrogen-bond acceptors (Lipinski definition) is 5. The standard InChI is InChI=1S/C15H23NO4/c1-10(2)12(9-17)16-8-13(18)11-3-4-14-15(7-11)20-6-5-19-14/h3-4,7,10,12-13,16-18H,5-6,8-9H2,1-2H3. The topological polar surface area (TPSA) is 71.0 Å². The van der Waals surface area contributed by atoms with E-state index >= 15 is 0 Å². The van der Waals surface area contributed by atoms with Crippen LogP contribution in [-0.4, -0.2) is 42.6 Å². The largest absolute Gasteiger partial charge is 0.486 e. The summed E-state index contributed by atoms with van der Waals surface area (Å²) in [7, 11) is 0. The summed E-state index contributed by atoms with van der Waals surface area (Å²) >= 11 is 0. The molecule has 5 nitrogen and oxygen atoms in total. The average Bonchev–Trinajstić information content (AvgIpc) is 2.46. The fourth-order valence-corrected chi connectivity index (χ4v) is 2.16. The smallest absolute Gasteiger partial charge is 0.161 e. The van der Waals surface area contributed by atoms with E-state index in [-0.39, 0.29) is 12.6 Å². The first-order valence-corrected chi connectivity index (χ1v) is 7.03. The molecule has 20 heavy (non-hydrogen) atoms. The van der Waals surface area contributed by atoms with Gasteiger partial charge in [0.25, 0.3) is 0 Å². The van der Waals surface area contributed by atoms with Crippen LogP contribution in [0.2, 0.25) is 0 Å². The van der Waals surface area contributed by atoms with Crippen molar-refractivity contribution in [3.63, 3.8) is 0 Å². The molecule has 112 valence electrons. The van der Waals surface area contributed by atoms with Gasteiger partial charge in [0.1, 0.15) is 13.2 Å². The Hall–Kier alpha value is -1.30. The van der Waals surface area contributed by atoms with Gasteiger partial charge in [0.15, 0.2) is 11.5 Å². The molecule has 1 heterocycles. The number of benzene rings is 1. The highest BCUT2D eigenvalue weighted by atomic mass is 16.6. The lowest BCUT2D eigenvalue weighted by atomic mass is 10.0. The molecular formula is C15H23NO4. The van der Waals surface area contributed by atoms with Crippen molar-refractivity contribution in [1.29, 1.82) is 0 Å². The number of ether oxygens (including phenoxy) is 2. The zero-order valence-corrected chi connectivity index (χ0v) is 12.0. The van der Waals surface area contributed by atoms with Gasteiger partial charge in [-0.05, 0) is 23.6 Å². The number of hydrogen-bond donors (Lipinski definition) is 3. The summed E-state index contributed by atoms with van der Waals surface area (Å²) in [6, 6.07) is 5.45. The second-order valence-electron chi connectivity index (χ2n) is 5.36. The number of fused-ring (bicyclic) bond motifs is 1. The van der Waals surface area contributed by atoms with Gasteiger partial charge in [0.2, 0.25) is 0 Å². The zero-order chi connectivity index (χ0) is 14.5. The summed E-state index contributed by atoms with van der Waals surface area (Å²) in [5.74, 6) is 1.71. The average molecular weight is 281 g/mol. The Labute approximate surface area is 119 Å². The molecule has 0 saturated heterocycles. The lowest BCUT2D eigenvalue weighted by Crippen LogP contribution is -2.39. The molecule has 0 aliphatic carbocycles. The van der Waals surface area contributed by atoms with E-state index < -0.39 is 6.10 Å². The summed E-state index contributed by atoms with van der Waals surface area (Å²) in [5.41, 5.74) is 0.780. The van der Waals surface area contributed by atoms with E-state index in [9.17, 15) is 10.2 Å². The zero-order valence-electron chi connectivity index (χ0n) is 12.0.